The first-order chi connectivity index (χ1) is 11.9. The van der Waals surface area contributed by atoms with Gasteiger partial charge in [0, 0.05) is 16.9 Å². The normalized spacial score (nSPS) is 11.4. The van der Waals surface area contributed by atoms with Gasteiger partial charge in [0.15, 0.2) is 0 Å². The van der Waals surface area contributed by atoms with Crippen molar-refractivity contribution in [2.45, 2.75) is 16.2 Å². The number of sulfone groups is 1. The third kappa shape index (κ3) is 3.52. The summed E-state index contributed by atoms with van der Waals surface area (Å²) >= 11 is 5.76. The Morgan fingerprint density at radius 2 is 1.84 bits per heavy atom. The fourth-order valence-electron chi connectivity index (χ4n) is 2.12. The second-order valence-corrected chi connectivity index (χ2v) is 7.46. The zero-order valence-corrected chi connectivity index (χ0v) is 14.1. The van der Waals surface area contributed by atoms with Crippen LogP contribution in [0.4, 0.5) is 0 Å². The fraction of sp³-hybridized carbons (Fsp3) is 0.0667. The largest absolute Gasteiger partial charge is 0.363 e. The first-order valence-electron chi connectivity index (χ1n) is 6.99. The first-order valence-corrected chi connectivity index (χ1v) is 8.85. The summed E-state index contributed by atoms with van der Waals surface area (Å²) in [6.45, 7) is 0. The number of rotatable bonds is 6. The SMILES string of the molecule is O=C(Cc1cc(S(=O)(=O)c2ccc(Cl)cc2)c[nH]1)C(=O)c1nc[nH]n1. The predicted molar refractivity (Wildman–Crippen MR) is 87.1 cm³/mol. The molecule has 0 atom stereocenters. The maximum Gasteiger partial charge on any atom is 0.267 e. The average Bonchev–Trinajstić information content (AvgIpc) is 3.26. The van der Waals surface area contributed by atoms with Crippen molar-refractivity contribution in [3.05, 3.63) is 59.4 Å². The molecule has 0 aliphatic carbocycles. The molecule has 0 unspecified atom stereocenters. The standard InChI is InChI=1S/C15H11ClN4O4S/c16-9-1-3-11(4-2-9)25(23,24)12-5-10(17-7-12)6-13(21)14(22)15-18-8-19-20-15/h1-5,7-8,17H,6H2,(H,18,19,20). The summed E-state index contributed by atoms with van der Waals surface area (Å²) in [6, 6.07) is 7.04. The van der Waals surface area contributed by atoms with Crippen LogP contribution in [-0.4, -0.2) is 40.1 Å². The van der Waals surface area contributed by atoms with Crippen LogP contribution in [0.15, 0.2) is 52.6 Å². The molecule has 0 saturated carbocycles. The second-order valence-electron chi connectivity index (χ2n) is 5.07. The monoisotopic (exact) mass is 378 g/mol. The van der Waals surface area contributed by atoms with E-state index in [0.717, 1.165) is 0 Å². The molecular weight excluding hydrogens is 368 g/mol. The molecule has 2 N–H and O–H groups in total. The molecule has 10 heteroatoms. The molecule has 0 spiro atoms. The molecule has 0 fully saturated rings. The number of H-pyrrole nitrogens is 2. The van der Waals surface area contributed by atoms with Crippen LogP contribution in [0, 0.1) is 0 Å². The highest BCUT2D eigenvalue weighted by Crippen LogP contribution is 2.23. The summed E-state index contributed by atoms with van der Waals surface area (Å²) < 4.78 is 25.1. The molecule has 0 aliphatic rings. The minimum absolute atomic E-state index is 0.0111. The summed E-state index contributed by atoms with van der Waals surface area (Å²) in [5.74, 6) is -1.83. The van der Waals surface area contributed by atoms with Crippen molar-refractivity contribution in [3.8, 4) is 0 Å². The van der Waals surface area contributed by atoms with Gasteiger partial charge in [-0.15, -0.1) is 5.10 Å². The third-order valence-electron chi connectivity index (χ3n) is 3.37. The van der Waals surface area contributed by atoms with Gasteiger partial charge in [0.05, 0.1) is 16.2 Å². The van der Waals surface area contributed by atoms with Gasteiger partial charge >= 0.3 is 0 Å². The Morgan fingerprint density at radius 1 is 1.12 bits per heavy atom. The topological polar surface area (TPSA) is 126 Å². The van der Waals surface area contributed by atoms with Crippen molar-refractivity contribution in [1.82, 2.24) is 20.2 Å². The number of benzene rings is 1. The zero-order valence-electron chi connectivity index (χ0n) is 12.6. The highest BCUT2D eigenvalue weighted by Gasteiger charge is 2.23. The van der Waals surface area contributed by atoms with Crippen molar-refractivity contribution in [3.63, 3.8) is 0 Å². The van der Waals surface area contributed by atoms with Gasteiger partial charge in [-0.3, -0.25) is 14.7 Å². The smallest absolute Gasteiger partial charge is 0.267 e. The van der Waals surface area contributed by atoms with Crippen LogP contribution < -0.4 is 0 Å². The number of nitrogens with one attached hydrogen (secondary N) is 2. The van der Waals surface area contributed by atoms with Crippen LogP contribution in [-0.2, 0) is 21.1 Å². The van der Waals surface area contributed by atoms with E-state index in [-0.39, 0.29) is 22.0 Å². The van der Waals surface area contributed by atoms with E-state index in [1.165, 1.54) is 42.9 Å². The van der Waals surface area contributed by atoms with Crippen LogP contribution in [0.25, 0.3) is 0 Å². The average molecular weight is 379 g/mol. The van der Waals surface area contributed by atoms with E-state index in [4.69, 9.17) is 11.6 Å². The van der Waals surface area contributed by atoms with E-state index in [1.54, 1.807) is 0 Å². The number of halogens is 1. The highest BCUT2D eigenvalue weighted by atomic mass is 35.5. The summed E-state index contributed by atoms with van der Waals surface area (Å²) in [4.78, 5) is 30.2. The van der Waals surface area contributed by atoms with Gasteiger partial charge in [-0.25, -0.2) is 13.4 Å². The minimum atomic E-state index is -3.75. The summed E-state index contributed by atoms with van der Waals surface area (Å²) in [5, 5.41) is 6.31. The summed E-state index contributed by atoms with van der Waals surface area (Å²) in [5.41, 5.74) is 0.293. The number of hydrogen-bond donors (Lipinski definition) is 2. The van der Waals surface area contributed by atoms with Gasteiger partial charge in [0.25, 0.3) is 5.78 Å². The molecule has 2 aromatic heterocycles. The van der Waals surface area contributed by atoms with Crippen molar-refractivity contribution in [2.75, 3.05) is 0 Å². The van der Waals surface area contributed by atoms with Crippen LogP contribution in [0.1, 0.15) is 16.3 Å². The van der Waals surface area contributed by atoms with Crippen LogP contribution in [0.3, 0.4) is 0 Å². The lowest BCUT2D eigenvalue weighted by Crippen LogP contribution is -2.18. The maximum atomic E-state index is 12.5. The molecule has 0 saturated heterocycles. The third-order valence-corrected chi connectivity index (χ3v) is 5.37. The summed E-state index contributed by atoms with van der Waals surface area (Å²) in [7, 11) is -3.75. The van der Waals surface area contributed by atoms with Gasteiger partial charge in [-0.2, -0.15) is 0 Å². The molecule has 2 heterocycles. The van der Waals surface area contributed by atoms with E-state index in [2.05, 4.69) is 20.2 Å². The van der Waals surface area contributed by atoms with Gasteiger partial charge in [-0.1, -0.05) is 11.6 Å². The lowest BCUT2D eigenvalue weighted by molar-refractivity contribution is -0.114. The van der Waals surface area contributed by atoms with Crippen LogP contribution in [0.2, 0.25) is 5.02 Å². The Kier molecular flexibility index (Phi) is 4.51. The van der Waals surface area contributed by atoms with E-state index >= 15 is 0 Å². The van der Waals surface area contributed by atoms with Gasteiger partial charge in [-0.05, 0) is 30.3 Å². The molecule has 0 radical (unpaired) electrons. The van der Waals surface area contributed by atoms with Gasteiger partial charge in [0.2, 0.25) is 21.4 Å². The number of aromatic amines is 2. The molecule has 0 aliphatic heterocycles. The minimum Gasteiger partial charge on any atom is -0.363 e. The lowest BCUT2D eigenvalue weighted by atomic mass is 10.1. The number of carbonyl (C=O) groups is 2. The molecule has 8 nitrogen and oxygen atoms in total. The molecule has 1 aromatic carbocycles. The number of carbonyl (C=O) groups excluding carboxylic acids is 2. The number of hydrogen-bond acceptors (Lipinski definition) is 6. The van der Waals surface area contributed by atoms with Crippen molar-refractivity contribution >= 4 is 33.0 Å². The Morgan fingerprint density at radius 3 is 2.48 bits per heavy atom. The van der Waals surface area contributed by atoms with E-state index in [9.17, 15) is 18.0 Å². The fourth-order valence-corrected chi connectivity index (χ4v) is 3.53. The first kappa shape index (κ1) is 17.1. The molecule has 3 rings (SSSR count). The van der Waals surface area contributed by atoms with Crippen molar-refractivity contribution in [1.29, 1.82) is 0 Å². The Labute approximate surface area is 147 Å². The molecule has 0 amide bonds. The Hall–Kier alpha value is -2.78. The van der Waals surface area contributed by atoms with Gasteiger partial charge in [0.1, 0.15) is 6.33 Å². The maximum absolute atomic E-state index is 12.5. The number of nitrogens with zero attached hydrogens (tertiary/aromatic N) is 2. The van der Waals surface area contributed by atoms with E-state index in [1.807, 2.05) is 0 Å². The number of ketones is 2. The molecule has 128 valence electrons. The molecule has 0 bridgehead atoms. The van der Waals surface area contributed by atoms with Crippen molar-refractivity contribution in [2.24, 2.45) is 0 Å². The number of aromatic nitrogens is 4. The van der Waals surface area contributed by atoms with Gasteiger partial charge < -0.3 is 4.98 Å². The Bertz CT molecular complexity index is 1020. The Balaban J connectivity index is 1.79. The molecule has 25 heavy (non-hydrogen) atoms. The van der Waals surface area contributed by atoms with E-state index < -0.39 is 21.4 Å². The lowest BCUT2D eigenvalue weighted by Gasteiger charge is -2.01. The second kappa shape index (κ2) is 6.61. The highest BCUT2D eigenvalue weighted by molar-refractivity contribution is 7.91. The summed E-state index contributed by atoms with van der Waals surface area (Å²) in [6.07, 6.45) is 2.17. The van der Waals surface area contributed by atoms with Crippen molar-refractivity contribution < 1.29 is 18.0 Å². The van der Waals surface area contributed by atoms with Crippen LogP contribution >= 0.6 is 11.6 Å². The predicted octanol–water partition coefficient (Wildman–Crippen LogP) is 1.61. The zero-order chi connectivity index (χ0) is 18.0. The molecular formula is C15H11ClN4O4S. The number of Topliss-reactive ketones (excluding diaryl/α,β-unsaturated/α-hetero) is 2. The van der Waals surface area contributed by atoms with E-state index in [0.29, 0.717) is 10.7 Å². The molecule has 3 aromatic rings. The quantitative estimate of drug-likeness (QED) is 0.495. The van der Waals surface area contributed by atoms with Crippen LogP contribution in [0.5, 0.6) is 0 Å².